The molecule has 1 saturated heterocycles. The number of hydrogen-bond acceptors (Lipinski definition) is 4. The van der Waals surface area contributed by atoms with Crippen molar-refractivity contribution in [2.75, 3.05) is 13.2 Å². The number of hydrogen-bond donors (Lipinski definition) is 0. The van der Waals surface area contributed by atoms with Crippen LogP contribution in [0.5, 0.6) is 0 Å². The summed E-state index contributed by atoms with van der Waals surface area (Å²) in [5.74, 6) is -0.242. The summed E-state index contributed by atoms with van der Waals surface area (Å²) >= 11 is 1.50. The Balaban J connectivity index is 1.76. The molecule has 128 valence electrons. The molecule has 4 rings (SSSR count). The summed E-state index contributed by atoms with van der Waals surface area (Å²) in [6.45, 7) is 3.71. The summed E-state index contributed by atoms with van der Waals surface area (Å²) in [5, 5.41) is 0. The third-order valence-electron chi connectivity index (χ3n) is 4.11. The van der Waals surface area contributed by atoms with Crippen LogP contribution in [-0.2, 0) is 16.0 Å². The van der Waals surface area contributed by atoms with Crippen molar-refractivity contribution >= 4 is 27.5 Å². The first-order chi connectivity index (χ1) is 12.2. The zero-order valence-electron chi connectivity index (χ0n) is 13.8. The Morgan fingerprint density at radius 2 is 1.88 bits per heavy atom. The summed E-state index contributed by atoms with van der Waals surface area (Å²) < 4.78 is 14.2. The van der Waals surface area contributed by atoms with Crippen LogP contribution in [0.1, 0.15) is 15.9 Å². The van der Waals surface area contributed by atoms with Crippen LogP contribution in [0.4, 0.5) is 0 Å². The van der Waals surface area contributed by atoms with Gasteiger partial charge in [0.15, 0.2) is 11.1 Å². The van der Waals surface area contributed by atoms with E-state index >= 15 is 0 Å². The van der Waals surface area contributed by atoms with E-state index in [1.54, 1.807) is 0 Å². The maximum absolute atomic E-state index is 12.6. The number of nitrogens with zero attached hydrogens (tertiary/aromatic N) is 2. The highest BCUT2D eigenvalue weighted by Gasteiger charge is 2.19. The Morgan fingerprint density at radius 1 is 1.16 bits per heavy atom. The first kappa shape index (κ1) is 16.2. The molecule has 1 aromatic heterocycles. The number of aryl methyl sites for hydroxylation is 1. The fourth-order valence-electron chi connectivity index (χ4n) is 2.79. The lowest BCUT2D eigenvalue weighted by Gasteiger charge is -2.11. The van der Waals surface area contributed by atoms with Gasteiger partial charge in [0.2, 0.25) is 0 Å². The molecule has 25 heavy (non-hydrogen) atoms. The molecule has 0 spiro atoms. The standard InChI is InChI=1S/C19H18N2O3S/c1-13-6-8-14(9-7-13)18(22)20-19-21(12-17-23-10-11-24-17)15-4-2-3-5-16(15)25-19/h2-9,17H,10-12H2,1H3. The molecule has 1 fully saturated rings. The summed E-state index contributed by atoms with van der Waals surface area (Å²) in [4.78, 5) is 17.6. The van der Waals surface area contributed by atoms with Crippen molar-refractivity contribution in [3.05, 3.63) is 64.5 Å². The van der Waals surface area contributed by atoms with Crippen molar-refractivity contribution in [2.45, 2.75) is 19.8 Å². The van der Waals surface area contributed by atoms with Crippen molar-refractivity contribution in [2.24, 2.45) is 4.99 Å². The fraction of sp³-hybridized carbons (Fsp3) is 0.263. The molecular formula is C19H18N2O3S. The number of thiazole rings is 1. The number of ether oxygens (including phenoxy) is 2. The van der Waals surface area contributed by atoms with Gasteiger partial charge in [-0.2, -0.15) is 4.99 Å². The first-order valence-corrected chi connectivity index (χ1v) is 9.00. The van der Waals surface area contributed by atoms with E-state index in [4.69, 9.17) is 9.47 Å². The van der Waals surface area contributed by atoms with Crippen molar-refractivity contribution in [1.82, 2.24) is 4.57 Å². The molecule has 3 aromatic rings. The van der Waals surface area contributed by atoms with E-state index in [1.165, 1.54) is 11.3 Å². The Labute approximate surface area is 149 Å². The van der Waals surface area contributed by atoms with Crippen LogP contribution in [-0.4, -0.2) is 30.0 Å². The average Bonchev–Trinajstić information content (AvgIpc) is 3.24. The molecule has 5 nitrogen and oxygen atoms in total. The molecule has 0 aliphatic carbocycles. The fourth-order valence-corrected chi connectivity index (χ4v) is 3.83. The highest BCUT2D eigenvalue weighted by Crippen LogP contribution is 2.18. The SMILES string of the molecule is Cc1ccc(C(=O)N=c2sc3ccccc3n2CC2OCCO2)cc1. The molecule has 0 N–H and O–H groups in total. The topological polar surface area (TPSA) is 52.8 Å². The van der Waals surface area contributed by atoms with Crippen LogP contribution < -0.4 is 4.80 Å². The molecule has 0 unspecified atom stereocenters. The van der Waals surface area contributed by atoms with E-state index in [0.29, 0.717) is 30.1 Å². The van der Waals surface area contributed by atoms with Gasteiger partial charge >= 0.3 is 0 Å². The van der Waals surface area contributed by atoms with E-state index in [1.807, 2.05) is 60.0 Å². The zero-order chi connectivity index (χ0) is 17.2. The largest absolute Gasteiger partial charge is 0.348 e. The molecule has 1 amide bonds. The van der Waals surface area contributed by atoms with Gasteiger partial charge in [-0.3, -0.25) is 4.79 Å². The Morgan fingerprint density at radius 3 is 2.64 bits per heavy atom. The van der Waals surface area contributed by atoms with Crippen LogP contribution in [0, 0.1) is 6.92 Å². The lowest BCUT2D eigenvalue weighted by molar-refractivity contribution is -0.0521. The first-order valence-electron chi connectivity index (χ1n) is 8.18. The van der Waals surface area contributed by atoms with E-state index in [2.05, 4.69) is 4.99 Å². The number of aromatic nitrogens is 1. The van der Waals surface area contributed by atoms with Crippen molar-refractivity contribution < 1.29 is 14.3 Å². The van der Waals surface area contributed by atoms with Gasteiger partial charge < -0.3 is 14.0 Å². The molecule has 1 aliphatic rings. The van der Waals surface area contributed by atoms with Crippen molar-refractivity contribution in [3.8, 4) is 0 Å². The highest BCUT2D eigenvalue weighted by atomic mass is 32.1. The van der Waals surface area contributed by atoms with Gasteiger partial charge in [0.05, 0.1) is 30.0 Å². The van der Waals surface area contributed by atoms with Crippen LogP contribution in [0.3, 0.4) is 0 Å². The number of benzene rings is 2. The van der Waals surface area contributed by atoms with E-state index in [-0.39, 0.29) is 12.2 Å². The molecule has 6 heteroatoms. The number of fused-ring (bicyclic) bond motifs is 1. The molecule has 0 atom stereocenters. The normalized spacial score (nSPS) is 16.0. The molecule has 2 aromatic carbocycles. The highest BCUT2D eigenvalue weighted by molar-refractivity contribution is 7.16. The molecule has 0 radical (unpaired) electrons. The van der Waals surface area contributed by atoms with Crippen LogP contribution in [0.2, 0.25) is 0 Å². The van der Waals surface area contributed by atoms with Crippen LogP contribution in [0.25, 0.3) is 10.2 Å². The predicted octanol–water partition coefficient (Wildman–Crippen LogP) is 3.13. The average molecular weight is 354 g/mol. The van der Waals surface area contributed by atoms with E-state index in [0.717, 1.165) is 15.8 Å². The Hall–Kier alpha value is -2.28. The molecule has 0 bridgehead atoms. The quantitative estimate of drug-likeness (QED) is 0.726. The predicted molar refractivity (Wildman–Crippen MR) is 96.6 cm³/mol. The molecule has 2 heterocycles. The Kier molecular flexibility index (Phi) is 4.48. The summed E-state index contributed by atoms with van der Waals surface area (Å²) in [6.07, 6.45) is -0.300. The third-order valence-corrected chi connectivity index (χ3v) is 5.17. The molecular weight excluding hydrogens is 336 g/mol. The lowest BCUT2D eigenvalue weighted by Crippen LogP contribution is -2.25. The minimum atomic E-state index is -0.300. The van der Waals surface area contributed by atoms with Crippen molar-refractivity contribution in [3.63, 3.8) is 0 Å². The van der Waals surface area contributed by atoms with Gasteiger partial charge in [-0.15, -0.1) is 0 Å². The number of carbonyl (C=O) groups is 1. The second-order valence-electron chi connectivity index (χ2n) is 5.92. The zero-order valence-corrected chi connectivity index (χ0v) is 14.7. The Bertz CT molecular complexity index is 966. The van der Waals surface area contributed by atoms with Gasteiger partial charge in [-0.05, 0) is 31.2 Å². The minimum absolute atomic E-state index is 0.242. The summed E-state index contributed by atoms with van der Waals surface area (Å²) in [5.41, 5.74) is 2.73. The monoisotopic (exact) mass is 354 g/mol. The molecule has 0 saturated carbocycles. The number of rotatable bonds is 3. The third kappa shape index (κ3) is 3.42. The van der Waals surface area contributed by atoms with Gasteiger partial charge in [0.25, 0.3) is 5.91 Å². The maximum atomic E-state index is 12.6. The maximum Gasteiger partial charge on any atom is 0.279 e. The second-order valence-corrected chi connectivity index (χ2v) is 6.93. The van der Waals surface area contributed by atoms with E-state index in [9.17, 15) is 4.79 Å². The number of para-hydroxylation sites is 1. The van der Waals surface area contributed by atoms with Crippen LogP contribution >= 0.6 is 11.3 Å². The van der Waals surface area contributed by atoms with Crippen molar-refractivity contribution in [1.29, 1.82) is 0 Å². The summed E-state index contributed by atoms with van der Waals surface area (Å²) in [7, 11) is 0. The van der Waals surface area contributed by atoms with E-state index < -0.39 is 0 Å². The van der Waals surface area contributed by atoms with Gasteiger partial charge in [0.1, 0.15) is 0 Å². The summed E-state index contributed by atoms with van der Waals surface area (Å²) in [6, 6.07) is 15.5. The molecule has 1 aliphatic heterocycles. The van der Waals surface area contributed by atoms with Gasteiger partial charge in [0, 0.05) is 5.56 Å². The minimum Gasteiger partial charge on any atom is -0.348 e. The second kappa shape index (κ2) is 6.92. The van der Waals surface area contributed by atoms with Crippen LogP contribution in [0.15, 0.2) is 53.5 Å². The van der Waals surface area contributed by atoms with Gasteiger partial charge in [-0.25, -0.2) is 0 Å². The smallest absolute Gasteiger partial charge is 0.279 e. The lowest BCUT2D eigenvalue weighted by atomic mass is 10.1. The van der Waals surface area contributed by atoms with Gasteiger partial charge in [-0.1, -0.05) is 41.2 Å². The number of amides is 1. The number of carbonyl (C=O) groups excluding carboxylic acids is 1.